The lowest BCUT2D eigenvalue weighted by molar-refractivity contribution is 0.385. The lowest BCUT2D eigenvalue weighted by Crippen LogP contribution is -2.39. The maximum atomic E-state index is 12.1. The molecule has 2 bridgehead atoms. The Kier molecular flexibility index (Phi) is 2.65. The molecule has 6 heteroatoms. The van der Waals surface area contributed by atoms with E-state index >= 15 is 0 Å². The third kappa shape index (κ3) is 1.86. The number of likely N-dealkylation sites (tertiary alicyclic amines) is 1. The molecule has 0 spiro atoms. The first-order chi connectivity index (χ1) is 9.63. The van der Waals surface area contributed by atoms with Crippen molar-refractivity contribution in [3.05, 3.63) is 29.8 Å². The molecule has 5 nitrogen and oxygen atoms in total. The van der Waals surface area contributed by atoms with Crippen molar-refractivity contribution in [3.8, 4) is 0 Å². The van der Waals surface area contributed by atoms with Crippen LogP contribution in [0.2, 0.25) is 0 Å². The van der Waals surface area contributed by atoms with E-state index in [1.807, 2.05) is 12.1 Å². The lowest BCUT2D eigenvalue weighted by Gasteiger charge is -2.25. The Labute approximate surface area is 118 Å². The third-order valence-corrected chi connectivity index (χ3v) is 5.76. The van der Waals surface area contributed by atoms with Crippen LogP contribution in [0.15, 0.2) is 33.6 Å². The normalized spacial score (nSPS) is 30.8. The van der Waals surface area contributed by atoms with Crippen LogP contribution in [-0.2, 0) is 10.0 Å². The van der Waals surface area contributed by atoms with Crippen molar-refractivity contribution in [3.63, 3.8) is 0 Å². The van der Waals surface area contributed by atoms with Gasteiger partial charge in [-0.1, -0.05) is 12.1 Å². The highest BCUT2D eigenvalue weighted by Crippen LogP contribution is 2.29. The minimum Gasteiger partial charge on any atom is -0.354 e. The van der Waals surface area contributed by atoms with Crippen molar-refractivity contribution < 1.29 is 8.42 Å². The van der Waals surface area contributed by atoms with Gasteiger partial charge in [0.15, 0.2) is 5.84 Å². The van der Waals surface area contributed by atoms with Crippen LogP contribution in [0.3, 0.4) is 0 Å². The summed E-state index contributed by atoms with van der Waals surface area (Å²) in [6, 6.07) is 8.16. The molecule has 3 heterocycles. The van der Waals surface area contributed by atoms with Gasteiger partial charge in [0.25, 0.3) is 10.0 Å². The standard InChI is InChI=1S/C14H17N3O2S/c18-20(19)13-4-2-1-3-12(13)14(16-20)17-8-7-10-5-6-11(9-17)15-10/h1-4,10-11,15H,5-9H2. The topological polar surface area (TPSA) is 61.8 Å². The maximum Gasteiger partial charge on any atom is 0.285 e. The predicted octanol–water partition coefficient (Wildman–Crippen LogP) is 0.962. The molecule has 106 valence electrons. The van der Waals surface area contributed by atoms with Crippen LogP contribution in [0, 0.1) is 0 Å². The molecule has 0 amide bonds. The van der Waals surface area contributed by atoms with E-state index in [0.29, 0.717) is 22.8 Å². The van der Waals surface area contributed by atoms with Gasteiger partial charge in [0, 0.05) is 30.7 Å². The van der Waals surface area contributed by atoms with E-state index in [1.165, 1.54) is 12.8 Å². The fourth-order valence-corrected chi connectivity index (χ4v) is 4.68. The van der Waals surface area contributed by atoms with E-state index in [0.717, 1.165) is 25.1 Å². The molecule has 20 heavy (non-hydrogen) atoms. The van der Waals surface area contributed by atoms with Crippen molar-refractivity contribution in [2.75, 3.05) is 13.1 Å². The molecular weight excluding hydrogens is 274 g/mol. The Morgan fingerprint density at radius 1 is 1.15 bits per heavy atom. The van der Waals surface area contributed by atoms with E-state index in [1.54, 1.807) is 12.1 Å². The highest BCUT2D eigenvalue weighted by atomic mass is 32.2. The summed E-state index contributed by atoms with van der Waals surface area (Å²) in [5, 5.41) is 3.60. The Morgan fingerprint density at radius 2 is 1.95 bits per heavy atom. The number of hydrogen-bond acceptors (Lipinski definition) is 4. The molecule has 2 unspecified atom stereocenters. The fourth-order valence-electron chi connectivity index (χ4n) is 3.45. The smallest absolute Gasteiger partial charge is 0.285 e. The molecule has 0 radical (unpaired) electrons. The zero-order valence-corrected chi connectivity index (χ0v) is 11.9. The molecule has 3 aliphatic rings. The van der Waals surface area contributed by atoms with Crippen LogP contribution in [-0.4, -0.2) is 44.3 Å². The van der Waals surface area contributed by atoms with Gasteiger partial charge >= 0.3 is 0 Å². The first-order valence-electron chi connectivity index (χ1n) is 7.09. The molecular formula is C14H17N3O2S. The van der Waals surface area contributed by atoms with E-state index < -0.39 is 10.0 Å². The largest absolute Gasteiger partial charge is 0.354 e. The molecule has 1 aromatic rings. The number of nitrogens with one attached hydrogen (secondary N) is 1. The minimum atomic E-state index is -3.50. The highest BCUT2D eigenvalue weighted by molar-refractivity contribution is 7.90. The quantitative estimate of drug-likeness (QED) is 0.773. The van der Waals surface area contributed by atoms with Gasteiger partial charge in [0.05, 0.1) is 0 Å². The van der Waals surface area contributed by atoms with Crippen LogP contribution in [0.1, 0.15) is 24.8 Å². The molecule has 4 rings (SSSR count). The van der Waals surface area contributed by atoms with E-state index in [9.17, 15) is 8.42 Å². The molecule has 0 aliphatic carbocycles. The summed E-state index contributed by atoms with van der Waals surface area (Å²) in [4.78, 5) is 2.48. The van der Waals surface area contributed by atoms with Gasteiger partial charge in [0.2, 0.25) is 0 Å². The van der Waals surface area contributed by atoms with Crippen molar-refractivity contribution in [1.82, 2.24) is 10.2 Å². The van der Waals surface area contributed by atoms with E-state index in [4.69, 9.17) is 0 Å². The Hall–Kier alpha value is -1.40. The average Bonchev–Trinajstić information content (AvgIpc) is 2.89. The maximum absolute atomic E-state index is 12.1. The average molecular weight is 291 g/mol. The molecule has 0 saturated carbocycles. The molecule has 1 aromatic carbocycles. The summed E-state index contributed by atoms with van der Waals surface area (Å²) >= 11 is 0. The summed E-state index contributed by atoms with van der Waals surface area (Å²) in [7, 11) is -3.50. The molecule has 1 N–H and O–H groups in total. The van der Waals surface area contributed by atoms with Crippen LogP contribution >= 0.6 is 0 Å². The predicted molar refractivity (Wildman–Crippen MR) is 76.3 cm³/mol. The lowest BCUT2D eigenvalue weighted by atomic mass is 10.1. The van der Waals surface area contributed by atoms with Gasteiger partial charge in [-0.15, -0.1) is 4.40 Å². The first kappa shape index (κ1) is 12.3. The number of nitrogens with zero attached hydrogens (tertiary/aromatic N) is 2. The van der Waals surface area contributed by atoms with E-state index in [-0.39, 0.29) is 0 Å². The monoisotopic (exact) mass is 291 g/mol. The SMILES string of the molecule is O=S1(=O)N=C(N2CCC3CCC(C2)N3)c2ccccc21. The van der Waals surface area contributed by atoms with Crippen molar-refractivity contribution in [1.29, 1.82) is 0 Å². The number of fused-ring (bicyclic) bond motifs is 3. The molecule has 0 aromatic heterocycles. The third-order valence-electron chi connectivity index (χ3n) is 4.44. The molecule has 2 saturated heterocycles. The fraction of sp³-hybridized carbons (Fsp3) is 0.500. The summed E-state index contributed by atoms with van der Waals surface area (Å²) in [5.74, 6) is 0.634. The number of benzene rings is 1. The summed E-state index contributed by atoms with van der Waals surface area (Å²) in [6.45, 7) is 1.72. The van der Waals surface area contributed by atoms with Crippen LogP contribution < -0.4 is 5.32 Å². The minimum absolute atomic E-state index is 0.345. The number of rotatable bonds is 0. The van der Waals surface area contributed by atoms with Crippen molar-refractivity contribution in [2.45, 2.75) is 36.2 Å². The van der Waals surface area contributed by atoms with Gasteiger partial charge < -0.3 is 10.2 Å². The zero-order chi connectivity index (χ0) is 13.7. The summed E-state index contributed by atoms with van der Waals surface area (Å²) in [5.41, 5.74) is 0.755. The summed E-state index contributed by atoms with van der Waals surface area (Å²) < 4.78 is 28.3. The number of sulfonamides is 1. The highest BCUT2D eigenvalue weighted by Gasteiger charge is 2.35. The zero-order valence-electron chi connectivity index (χ0n) is 11.1. The second kappa shape index (κ2) is 4.30. The Balaban J connectivity index is 1.73. The van der Waals surface area contributed by atoms with Crippen LogP contribution in [0.25, 0.3) is 0 Å². The van der Waals surface area contributed by atoms with Crippen LogP contribution in [0.4, 0.5) is 0 Å². The molecule has 2 atom stereocenters. The number of hydrogen-bond donors (Lipinski definition) is 1. The van der Waals surface area contributed by atoms with Crippen LogP contribution in [0.5, 0.6) is 0 Å². The second-order valence-electron chi connectivity index (χ2n) is 5.76. The van der Waals surface area contributed by atoms with Crippen molar-refractivity contribution >= 4 is 15.9 Å². The second-order valence-corrected chi connectivity index (χ2v) is 7.33. The Bertz CT molecular complexity index is 683. The van der Waals surface area contributed by atoms with Gasteiger partial charge in [-0.05, 0) is 31.4 Å². The first-order valence-corrected chi connectivity index (χ1v) is 8.53. The van der Waals surface area contributed by atoms with Gasteiger partial charge in [-0.3, -0.25) is 0 Å². The summed E-state index contributed by atoms with van der Waals surface area (Å²) in [6.07, 6.45) is 3.46. The van der Waals surface area contributed by atoms with Gasteiger partial charge in [-0.2, -0.15) is 8.42 Å². The number of amidine groups is 1. The molecule has 2 fully saturated rings. The van der Waals surface area contributed by atoms with Crippen molar-refractivity contribution in [2.24, 2.45) is 4.40 Å². The van der Waals surface area contributed by atoms with Gasteiger partial charge in [-0.25, -0.2) is 0 Å². The Morgan fingerprint density at radius 3 is 2.85 bits per heavy atom. The van der Waals surface area contributed by atoms with Gasteiger partial charge in [0.1, 0.15) is 4.90 Å². The molecule has 3 aliphatic heterocycles. The van der Waals surface area contributed by atoms with E-state index in [2.05, 4.69) is 14.6 Å².